The van der Waals surface area contributed by atoms with Crippen LogP contribution >= 0.6 is 35.3 Å². The average Bonchev–Trinajstić information content (AvgIpc) is 2.90. The maximum Gasteiger partial charge on any atom is 0.191 e. The van der Waals surface area contributed by atoms with Crippen molar-refractivity contribution < 1.29 is 9.84 Å². The number of nitrogens with zero attached hydrogens (tertiary/aromatic N) is 2. The molecule has 8 heteroatoms. The van der Waals surface area contributed by atoms with Gasteiger partial charge in [-0.3, -0.25) is 4.99 Å². The van der Waals surface area contributed by atoms with Gasteiger partial charge in [0.15, 0.2) is 5.96 Å². The van der Waals surface area contributed by atoms with Crippen LogP contribution in [0.4, 0.5) is 0 Å². The van der Waals surface area contributed by atoms with E-state index < -0.39 is 0 Å². The molecule has 138 valence electrons. The normalized spacial score (nSPS) is 11.0. The Hall–Kier alpha value is -1.55. The number of aliphatic imine (C=N–C) groups is 1. The fourth-order valence-electron chi connectivity index (χ4n) is 2.19. The highest BCUT2D eigenvalue weighted by molar-refractivity contribution is 14.0. The van der Waals surface area contributed by atoms with Crippen LogP contribution in [0.25, 0.3) is 0 Å². The van der Waals surface area contributed by atoms with E-state index in [1.54, 1.807) is 31.6 Å². The summed E-state index contributed by atoms with van der Waals surface area (Å²) < 4.78 is 5.08. The molecule has 25 heavy (non-hydrogen) atoms. The number of aryl methyl sites for hydroxylation is 2. The molecule has 2 rings (SSSR count). The van der Waals surface area contributed by atoms with E-state index in [1.165, 1.54) is 4.88 Å². The van der Waals surface area contributed by atoms with Crippen molar-refractivity contribution in [3.63, 3.8) is 0 Å². The molecule has 0 aliphatic carbocycles. The van der Waals surface area contributed by atoms with Crippen molar-refractivity contribution in [3.8, 4) is 11.5 Å². The van der Waals surface area contributed by atoms with Crippen molar-refractivity contribution in [1.82, 2.24) is 15.6 Å². The van der Waals surface area contributed by atoms with Gasteiger partial charge in [-0.15, -0.1) is 35.3 Å². The Morgan fingerprint density at radius 3 is 2.64 bits per heavy atom. The minimum absolute atomic E-state index is 0. The van der Waals surface area contributed by atoms with Gasteiger partial charge in [0.05, 0.1) is 19.3 Å². The molecule has 2 aromatic rings. The predicted octanol–water partition coefficient (Wildman–Crippen LogP) is 3.00. The van der Waals surface area contributed by atoms with E-state index in [0.29, 0.717) is 31.2 Å². The molecule has 0 aliphatic heterocycles. The van der Waals surface area contributed by atoms with Gasteiger partial charge >= 0.3 is 0 Å². The molecule has 0 saturated carbocycles. The number of phenolic OH excluding ortho intramolecular Hbond substituents is 1. The standard InChI is InChI=1S/C17H24N4O2S.HI/c1-11-12(2)24-16(21-11)10-20-17(18-3)19-8-7-13-5-6-14(23-4)9-15(13)22;/h5-6,9,22H,7-8,10H2,1-4H3,(H2,18,19,20);1H. The minimum Gasteiger partial charge on any atom is -0.508 e. The van der Waals surface area contributed by atoms with Crippen LogP contribution in [-0.2, 0) is 13.0 Å². The zero-order valence-corrected chi connectivity index (χ0v) is 18.1. The summed E-state index contributed by atoms with van der Waals surface area (Å²) in [5, 5.41) is 17.5. The molecule has 0 bridgehead atoms. The molecule has 1 heterocycles. The number of aromatic hydroxyl groups is 1. The first-order chi connectivity index (χ1) is 11.5. The number of phenols is 1. The lowest BCUT2D eigenvalue weighted by atomic mass is 10.1. The molecule has 0 fully saturated rings. The van der Waals surface area contributed by atoms with Gasteiger partial charge < -0.3 is 20.5 Å². The van der Waals surface area contributed by atoms with E-state index in [4.69, 9.17) is 4.74 Å². The Morgan fingerprint density at radius 1 is 1.32 bits per heavy atom. The number of benzene rings is 1. The van der Waals surface area contributed by atoms with Gasteiger partial charge in [-0.1, -0.05) is 6.07 Å². The molecule has 6 nitrogen and oxygen atoms in total. The monoisotopic (exact) mass is 476 g/mol. The summed E-state index contributed by atoms with van der Waals surface area (Å²) >= 11 is 1.69. The van der Waals surface area contributed by atoms with Crippen LogP contribution in [0.1, 0.15) is 21.1 Å². The quantitative estimate of drug-likeness (QED) is 0.340. The van der Waals surface area contributed by atoms with Gasteiger partial charge in [-0.05, 0) is 31.9 Å². The van der Waals surface area contributed by atoms with Crippen LogP contribution in [0.3, 0.4) is 0 Å². The molecule has 0 aliphatic rings. The lowest BCUT2D eigenvalue weighted by Crippen LogP contribution is -2.37. The lowest BCUT2D eigenvalue weighted by Gasteiger charge is -2.12. The van der Waals surface area contributed by atoms with Gasteiger partial charge in [0.2, 0.25) is 0 Å². The maximum atomic E-state index is 9.96. The van der Waals surface area contributed by atoms with E-state index in [-0.39, 0.29) is 29.7 Å². The van der Waals surface area contributed by atoms with Crippen molar-refractivity contribution in [2.45, 2.75) is 26.8 Å². The maximum absolute atomic E-state index is 9.96. The number of hydrogen-bond donors (Lipinski definition) is 3. The summed E-state index contributed by atoms with van der Waals surface area (Å²) in [4.78, 5) is 9.94. The van der Waals surface area contributed by atoms with E-state index in [0.717, 1.165) is 16.3 Å². The topological polar surface area (TPSA) is 78.8 Å². The average molecular weight is 476 g/mol. The highest BCUT2D eigenvalue weighted by atomic mass is 127. The molecule has 0 amide bonds. The number of thiazole rings is 1. The first-order valence-electron chi connectivity index (χ1n) is 7.76. The van der Waals surface area contributed by atoms with Gasteiger partial charge in [-0.25, -0.2) is 4.98 Å². The van der Waals surface area contributed by atoms with Crippen molar-refractivity contribution >= 4 is 41.3 Å². The Balaban J connectivity index is 0.00000312. The van der Waals surface area contributed by atoms with Crippen LogP contribution in [0.5, 0.6) is 11.5 Å². The Labute approximate surface area is 169 Å². The highest BCUT2D eigenvalue weighted by Crippen LogP contribution is 2.23. The Bertz CT molecular complexity index is 699. The number of nitrogens with one attached hydrogen (secondary N) is 2. The summed E-state index contributed by atoms with van der Waals surface area (Å²) in [5.74, 6) is 1.61. The minimum atomic E-state index is 0. The van der Waals surface area contributed by atoms with E-state index in [1.807, 2.05) is 19.1 Å². The Morgan fingerprint density at radius 2 is 2.08 bits per heavy atom. The molecule has 0 radical (unpaired) electrons. The van der Waals surface area contributed by atoms with Gasteiger partial charge in [0.25, 0.3) is 0 Å². The van der Waals surface area contributed by atoms with Crippen molar-refractivity contribution in [1.29, 1.82) is 0 Å². The second kappa shape index (κ2) is 10.4. The molecule has 0 saturated heterocycles. The van der Waals surface area contributed by atoms with E-state index in [9.17, 15) is 5.11 Å². The summed E-state index contributed by atoms with van der Waals surface area (Å²) in [5.41, 5.74) is 1.94. The zero-order chi connectivity index (χ0) is 17.5. The second-order valence-corrected chi connectivity index (χ2v) is 6.63. The number of ether oxygens (including phenoxy) is 1. The summed E-state index contributed by atoms with van der Waals surface area (Å²) in [6, 6.07) is 5.33. The largest absolute Gasteiger partial charge is 0.508 e. The number of methoxy groups -OCH3 is 1. The smallest absolute Gasteiger partial charge is 0.191 e. The molecular weight excluding hydrogens is 451 g/mol. The van der Waals surface area contributed by atoms with Crippen LogP contribution in [0, 0.1) is 13.8 Å². The molecular formula is C17H25IN4O2S. The number of halogens is 1. The SMILES string of the molecule is CN=C(NCCc1ccc(OC)cc1O)NCc1nc(C)c(C)s1.I. The first kappa shape index (κ1) is 21.5. The van der Waals surface area contributed by atoms with Gasteiger partial charge in [0, 0.05) is 24.5 Å². The summed E-state index contributed by atoms with van der Waals surface area (Å²) in [6.07, 6.45) is 0.687. The lowest BCUT2D eigenvalue weighted by molar-refractivity contribution is 0.406. The Kier molecular flexibility index (Phi) is 8.98. The van der Waals surface area contributed by atoms with Crippen molar-refractivity contribution in [3.05, 3.63) is 39.3 Å². The predicted molar refractivity (Wildman–Crippen MR) is 114 cm³/mol. The third kappa shape index (κ3) is 6.35. The number of hydrogen-bond acceptors (Lipinski definition) is 5. The van der Waals surface area contributed by atoms with E-state index >= 15 is 0 Å². The van der Waals surface area contributed by atoms with Gasteiger partial charge in [0.1, 0.15) is 16.5 Å². The molecule has 1 aromatic carbocycles. The fraction of sp³-hybridized carbons (Fsp3) is 0.412. The van der Waals surface area contributed by atoms with Crippen molar-refractivity contribution in [2.75, 3.05) is 20.7 Å². The highest BCUT2D eigenvalue weighted by Gasteiger charge is 2.06. The molecule has 0 spiro atoms. The van der Waals surface area contributed by atoms with Crippen LogP contribution in [-0.4, -0.2) is 36.8 Å². The number of guanidine groups is 1. The third-order valence-electron chi connectivity index (χ3n) is 3.68. The molecule has 0 atom stereocenters. The fourth-order valence-corrected chi connectivity index (χ4v) is 3.07. The van der Waals surface area contributed by atoms with Crippen LogP contribution in [0.2, 0.25) is 0 Å². The summed E-state index contributed by atoms with van der Waals surface area (Å²) in [6.45, 7) is 5.40. The summed E-state index contributed by atoms with van der Waals surface area (Å²) in [7, 11) is 3.32. The second-order valence-electron chi connectivity index (χ2n) is 5.35. The van der Waals surface area contributed by atoms with Crippen molar-refractivity contribution in [2.24, 2.45) is 4.99 Å². The third-order valence-corrected chi connectivity index (χ3v) is 4.76. The van der Waals surface area contributed by atoms with E-state index in [2.05, 4.69) is 27.5 Å². The van der Waals surface area contributed by atoms with Crippen LogP contribution in [0.15, 0.2) is 23.2 Å². The first-order valence-corrected chi connectivity index (χ1v) is 8.58. The van der Waals surface area contributed by atoms with Gasteiger partial charge in [-0.2, -0.15) is 0 Å². The molecule has 1 aromatic heterocycles. The number of rotatable bonds is 6. The number of aromatic nitrogens is 1. The zero-order valence-electron chi connectivity index (χ0n) is 14.9. The van der Waals surface area contributed by atoms with Crippen LogP contribution < -0.4 is 15.4 Å². The molecule has 0 unspecified atom stereocenters. The molecule has 3 N–H and O–H groups in total.